The van der Waals surface area contributed by atoms with E-state index in [4.69, 9.17) is 4.74 Å². The molecule has 4 aromatic rings. The van der Waals surface area contributed by atoms with Crippen LogP contribution in [-0.4, -0.2) is 55.9 Å². The van der Waals surface area contributed by atoms with E-state index >= 15 is 0 Å². The number of hydrogen-bond acceptors (Lipinski definition) is 6. The topological polar surface area (TPSA) is 105 Å². The Hall–Kier alpha value is -3.66. The van der Waals surface area contributed by atoms with Gasteiger partial charge in [0.15, 0.2) is 4.96 Å². The van der Waals surface area contributed by atoms with Crippen molar-refractivity contribution in [3.8, 4) is 22.5 Å². The summed E-state index contributed by atoms with van der Waals surface area (Å²) < 4.78 is 6.73. The smallest absolute Gasteiger partial charge is 0.407 e. The molecule has 2 atom stereocenters. The monoisotopic (exact) mass is 492 g/mol. The molecule has 1 fully saturated rings. The van der Waals surface area contributed by atoms with Crippen LogP contribution in [-0.2, 0) is 9.53 Å². The van der Waals surface area contributed by atoms with Crippen LogP contribution < -0.4 is 5.32 Å². The first-order chi connectivity index (χ1) is 16.9. The molecule has 3 aromatic heterocycles. The average molecular weight is 493 g/mol. The molecule has 1 unspecified atom stereocenters. The van der Waals surface area contributed by atoms with Crippen molar-refractivity contribution in [1.82, 2.24) is 29.6 Å². The van der Waals surface area contributed by atoms with Crippen LogP contribution in [0.5, 0.6) is 0 Å². The summed E-state index contributed by atoms with van der Waals surface area (Å²) in [7, 11) is 1.30. The molecule has 1 aliphatic heterocycles. The van der Waals surface area contributed by atoms with Crippen molar-refractivity contribution in [2.45, 2.75) is 38.8 Å². The number of methoxy groups -OCH3 is 1. The maximum absolute atomic E-state index is 13.3. The summed E-state index contributed by atoms with van der Waals surface area (Å²) in [5.41, 5.74) is 3.89. The number of carbonyl (C=O) groups excluding carboxylic acids is 2. The second kappa shape index (κ2) is 9.53. The second-order valence-electron chi connectivity index (χ2n) is 9.03. The lowest BCUT2D eigenvalue weighted by Gasteiger charge is -2.30. The summed E-state index contributed by atoms with van der Waals surface area (Å²) in [6.07, 6.45) is 6.94. The zero-order chi connectivity index (χ0) is 24.5. The number of ether oxygens (including phenoxy) is 1. The summed E-state index contributed by atoms with van der Waals surface area (Å²) in [6, 6.07) is 7.40. The fourth-order valence-corrected chi connectivity index (χ4v) is 5.23. The minimum atomic E-state index is -0.650. The Labute approximate surface area is 207 Å². The highest BCUT2D eigenvalue weighted by molar-refractivity contribution is 7.15. The number of amides is 2. The van der Waals surface area contributed by atoms with Crippen LogP contribution in [0, 0.1) is 5.92 Å². The highest BCUT2D eigenvalue weighted by Crippen LogP contribution is 2.33. The Bertz CT molecular complexity index is 1310. The highest BCUT2D eigenvalue weighted by atomic mass is 32.1. The number of nitrogens with zero attached hydrogens (tertiary/aromatic N) is 4. The molecule has 1 saturated heterocycles. The lowest BCUT2D eigenvalue weighted by Crippen LogP contribution is -2.51. The summed E-state index contributed by atoms with van der Waals surface area (Å²) in [5.74, 6) is 0.569. The first-order valence-electron chi connectivity index (χ1n) is 11.7. The van der Waals surface area contributed by atoms with Gasteiger partial charge in [0.2, 0.25) is 5.91 Å². The van der Waals surface area contributed by atoms with Gasteiger partial charge in [-0.25, -0.2) is 14.8 Å². The lowest BCUT2D eigenvalue weighted by atomic mass is 10.0. The molecule has 2 amide bonds. The van der Waals surface area contributed by atoms with Crippen LogP contribution in [0.2, 0.25) is 0 Å². The van der Waals surface area contributed by atoms with E-state index in [0.29, 0.717) is 6.54 Å². The zero-order valence-corrected chi connectivity index (χ0v) is 20.7. The highest BCUT2D eigenvalue weighted by Gasteiger charge is 2.37. The lowest BCUT2D eigenvalue weighted by molar-refractivity contribution is -0.135. The number of hydrogen-bond donors (Lipinski definition) is 2. The zero-order valence-electron chi connectivity index (χ0n) is 19.9. The number of alkyl carbamates (subject to hydrolysis) is 1. The van der Waals surface area contributed by atoms with Crippen molar-refractivity contribution in [2.24, 2.45) is 5.92 Å². The Balaban J connectivity index is 1.33. The largest absolute Gasteiger partial charge is 0.453 e. The molecule has 182 valence electrons. The van der Waals surface area contributed by atoms with E-state index in [9.17, 15) is 9.59 Å². The van der Waals surface area contributed by atoms with Gasteiger partial charge in [-0.05, 0) is 24.3 Å². The third kappa shape index (κ3) is 4.53. The van der Waals surface area contributed by atoms with Crippen LogP contribution in [0.1, 0.15) is 38.6 Å². The number of likely N-dealkylation sites (tertiary alicyclic amines) is 1. The average Bonchev–Trinajstić information content (AvgIpc) is 3.64. The predicted octanol–water partition coefficient (Wildman–Crippen LogP) is 4.50. The number of aromatic nitrogens is 4. The molecule has 1 aliphatic rings. The van der Waals surface area contributed by atoms with E-state index in [2.05, 4.69) is 32.4 Å². The van der Waals surface area contributed by atoms with E-state index in [1.807, 2.05) is 59.3 Å². The van der Waals surface area contributed by atoms with Gasteiger partial charge in [-0.1, -0.05) is 38.1 Å². The minimum absolute atomic E-state index is 0.0698. The molecule has 9 nitrogen and oxygen atoms in total. The maximum atomic E-state index is 13.3. The number of nitrogens with one attached hydrogen (secondary N) is 2. The SMILES string of the molecule is COC(=O)N[C@H](C(=O)N1CCCC1c1ncc(-c2ccc(-c3cn4ccsc4n3)cc2)[nH]1)C(C)C. The van der Waals surface area contributed by atoms with E-state index in [-0.39, 0.29) is 17.9 Å². The van der Waals surface area contributed by atoms with E-state index in [1.54, 1.807) is 11.3 Å². The number of rotatable bonds is 6. The third-order valence-electron chi connectivity index (χ3n) is 6.42. The van der Waals surface area contributed by atoms with Gasteiger partial charge in [0.25, 0.3) is 0 Å². The first kappa shape index (κ1) is 23.1. The Morgan fingerprint density at radius 2 is 2.00 bits per heavy atom. The molecule has 4 heterocycles. The van der Waals surface area contributed by atoms with Crippen molar-refractivity contribution in [1.29, 1.82) is 0 Å². The van der Waals surface area contributed by atoms with Gasteiger partial charge in [0.1, 0.15) is 11.9 Å². The van der Waals surface area contributed by atoms with Crippen molar-refractivity contribution in [3.05, 3.63) is 54.1 Å². The van der Waals surface area contributed by atoms with Gasteiger partial charge in [-0.15, -0.1) is 11.3 Å². The number of imidazole rings is 2. The molecular weight excluding hydrogens is 464 g/mol. The molecule has 10 heteroatoms. The van der Waals surface area contributed by atoms with Crippen LogP contribution in [0.25, 0.3) is 27.5 Å². The summed E-state index contributed by atoms with van der Waals surface area (Å²) in [4.78, 5) is 40.6. The molecule has 2 N–H and O–H groups in total. The molecular formula is C25H28N6O3S. The van der Waals surface area contributed by atoms with E-state index in [0.717, 1.165) is 46.1 Å². The van der Waals surface area contributed by atoms with Crippen molar-refractivity contribution in [2.75, 3.05) is 13.7 Å². The van der Waals surface area contributed by atoms with Crippen LogP contribution >= 0.6 is 11.3 Å². The van der Waals surface area contributed by atoms with Gasteiger partial charge in [0.05, 0.1) is 30.7 Å². The minimum Gasteiger partial charge on any atom is -0.453 e. The van der Waals surface area contributed by atoms with Crippen LogP contribution in [0.4, 0.5) is 4.79 Å². The summed E-state index contributed by atoms with van der Waals surface area (Å²) >= 11 is 1.61. The fourth-order valence-electron chi connectivity index (χ4n) is 4.53. The molecule has 0 saturated carbocycles. The number of aromatic amines is 1. The number of H-pyrrole nitrogens is 1. The molecule has 0 aliphatic carbocycles. The van der Waals surface area contributed by atoms with Crippen molar-refractivity contribution in [3.63, 3.8) is 0 Å². The number of carbonyl (C=O) groups is 2. The summed E-state index contributed by atoms with van der Waals surface area (Å²) in [6.45, 7) is 4.44. The van der Waals surface area contributed by atoms with Crippen molar-refractivity contribution < 1.29 is 14.3 Å². The molecule has 5 rings (SSSR count). The van der Waals surface area contributed by atoms with E-state index < -0.39 is 12.1 Å². The quantitative estimate of drug-likeness (QED) is 0.412. The number of benzene rings is 1. The van der Waals surface area contributed by atoms with Gasteiger partial charge >= 0.3 is 6.09 Å². The summed E-state index contributed by atoms with van der Waals surface area (Å²) in [5, 5.41) is 4.70. The molecule has 0 radical (unpaired) electrons. The first-order valence-corrected chi connectivity index (χ1v) is 12.6. The fraction of sp³-hybridized carbons (Fsp3) is 0.360. The molecule has 35 heavy (non-hydrogen) atoms. The van der Waals surface area contributed by atoms with Gasteiger partial charge < -0.3 is 19.9 Å². The van der Waals surface area contributed by atoms with Crippen LogP contribution in [0.15, 0.2) is 48.2 Å². The third-order valence-corrected chi connectivity index (χ3v) is 7.19. The standard InChI is InChI=1S/C25H28N6O3S/c1-15(2)21(29-25(33)34-3)23(32)31-10-4-5-20(31)22-26-13-18(27-22)16-6-8-17(9-7-16)19-14-30-11-12-35-24(30)28-19/h6-9,11-15,20-21H,4-5,10H2,1-3H3,(H,26,27)(H,29,33)/t20?,21-/m0/s1. The number of fused-ring (bicyclic) bond motifs is 1. The second-order valence-corrected chi connectivity index (χ2v) is 9.90. The predicted molar refractivity (Wildman–Crippen MR) is 134 cm³/mol. The van der Waals surface area contributed by atoms with Gasteiger partial charge in [-0.2, -0.15) is 0 Å². The van der Waals surface area contributed by atoms with Crippen molar-refractivity contribution >= 4 is 28.3 Å². The van der Waals surface area contributed by atoms with Crippen LogP contribution in [0.3, 0.4) is 0 Å². The van der Waals surface area contributed by atoms with Gasteiger partial charge in [0, 0.05) is 29.9 Å². The maximum Gasteiger partial charge on any atom is 0.407 e. The van der Waals surface area contributed by atoms with Gasteiger partial charge in [-0.3, -0.25) is 9.20 Å². The molecule has 1 aromatic carbocycles. The Kier molecular flexibility index (Phi) is 6.29. The molecule has 0 bridgehead atoms. The normalized spacial score (nSPS) is 16.7. The van der Waals surface area contributed by atoms with E-state index in [1.165, 1.54) is 7.11 Å². The Morgan fingerprint density at radius 3 is 2.71 bits per heavy atom. The molecule has 0 spiro atoms. The number of thiazole rings is 1. The Morgan fingerprint density at radius 1 is 1.23 bits per heavy atom.